The zero-order chi connectivity index (χ0) is 12.6. The van der Waals surface area contributed by atoms with Crippen LogP contribution in [0.4, 0.5) is 0 Å². The highest BCUT2D eigenvalue weighted by atomic mass is 16.5. The van der Waals surface area contributed by atoms with Gasteiger partial charge in [-0.1, -0.05) is 26.2 Å². The van der Waals surface area contributed by atoms with Crippen LogP contribution in [0, 0.1) is 5.92 Å². The Bertz CT molecular complexity index is 353. The van der Waals surface area contributed by atoms with Gasteiger partial charge in [-0.25, -0.2) is 4.98 Å². The Morgan fingerprint density at radius 1 is 1.39 bits per heavy atom. The van der Waals surface area contributed by atoms with Crippen LogP contribution in [0.2, 0.25) is 0 Å². The fourth-order valence-corrected chi connectivity index (χ4v) is 2.05. The van der Waals surface area contributed by atoms with E-state index < -0.39 is 0 Å². The van der Waals surface area contributed by atoms with E-state index in [1.54, 1.807) is 12.4 Å². The highest BCUT2D eigenvalue weighted by molar-refractivity contribution is 5.08. The fraction of sp³-hybridized carbons (Fsp3) is 0.714. The van der Waals surface area contributed by atoms with Gasteiger partial charge in [-0.15, -0.1) is 0 Å². The number of aromatic nitrogens is 2. The van der Waals surface area contributed by atoms with Crippen molar-refractivity contribution in [3.05, 3.63) is 18.1 Å². The van der Waals surface area contributed by atoms with Crippen LogP contribution >= 0.6 is 0 Å². The van der Waals surface area contributed by atoms with Crippen molar-refractivity contribution in [1.29, 1.82) is 0 Å². The van der Waals surface area contributed by atoms with Gasteiger partial charge >= 0.3 is 0 Å². The summed E-state index contributed by atoms with van der Waals surface area (Å²) in [5, 5.41) is 3.31. The van der Waals surface area contributed by atoms with Crippen LogP contribution in [0.3, 0.4) is 0 Å². The molecule has 2 rings (SSSR count). The smallest absolute Gasteiger partial charge is 0.232 e. The second-order valence-electron chi connectivity index (χ2n) is 4.96. The van der Waals surface area contributed by atoms with Crippen molar-refractivity contribution in [2.45, 2.75) is 45.6 Å². The molecule has 0 spiro atoms. The predicted molar refractivity (Wildman–Crippen MR) is 71.5 cm³/mol. The normalized spacial score (nSPS) is 15.4. The van der Waals surface area contributed by atoms with E-state index in [1.807, 2.05) is 0 Å². The summed E-state index contributed by atoms with van der Waals surface area (Å²) in [4.78, 5) is 8.61. The van der Waals surface area contributed by atoms with E-state index in [0.717, 1.165) is 44.1 Å². The van der Waals surface area contributed by atoms with E-state index in [4.69, 9.17) is 4.74 Å². The molecule has 0 unspecified atom stereocenters. The Morgan fingerprint density at radius 2 is 2.28 bits per heavy atom. The monoisotopic (exact) mass is 249 g/mol. The maximum atomic E-state index is 5.66. The lowest BCUT2D eigenvalue weighted by atomic mass is 9.83. The average molecular weight is 249 g/mol. The van der Waals surface area contributed by atoms with E-state index in [2.05, 4.69) is 22.2 Å². The third-order valence-corrected chi connectivity index (χ3v) is 3.40. The minimum atomic E-state index is 0.658. The van der Waals surface area contributed by atoms with Crippen LogP contribution in [0.5, 0.6) is 5.88 Å². The van der Waals surface area contributed by atoms with Crippen molar-refractivity contribution in [3.8, 4) is 5.88 Å². The number of hydrogen-bond donors (Lipinski definition) is 1. The van der Waals surface area contributed by atoms with Crippen molar-refractivity contribution in [3.63, 3.8) is 0 Å². The highest BCUT2D eigenvalue weighted by Gasteiger charge is 2.16. The summed E-state index contributed by atoms with van der Waals surface area (Å²) in [5.41, 5.74) is 0.949. The van der Waals surface area contributed by atoms with Crippen LogP contribution in [0.15, 0.2) is 12.4 Å². The van der Waals surface area contributed by atoms with Crippen LogP contribution in [-0.4, -0.2) is 23.1 Å². The molecule has 100 valence electrons. The van der Waals surface area contributed by atoms with Crippen molar-refractivity contribution in [1.82, 2.24) is 15.3 Å². The fourth-order valence-electron chi connectivity index (χ4n) is 2.05. The lowest BCUT2D eigenvalue weighted by Crippen LogP contribution is -2.16. The molecule has 0 amide bonds. The molecule has 0 bridgehead atoms. The SMILES string of the molecule is CCCNCc1cncc(OCCC2CCC2)n1. The van der Waals surface area contributed by atoms with Gasteiger partial charge < -0.3 is 10.1 Å². The molecule has 0 atom stereocenters. The molecule has 0 radical (unpaired) electrons. The Balaban J connectivity index is 1.71. The first-order valence-electron chi connectivity index (χ1n) is 7.03. The van der Waals surface area contributed by atoms with Crippen molar-refractivity contribution < 1.29 is 4.74 Å². The lowest BCUT2D eigenvalue weighted by molar-refractivity contribution is 0.216. The predicted octanol–water partition coefficient (Wildman–Crippen LogP) is 2.55. The number of ether oxygens (including phenoxy) is 1. The second-order valence-corrected chi connectivity index (χ2v) is 4.96. The minimum Gasteiger partial charge on any atom is -0.477 e. The standard InChI is InChI=1S/C14H23N3O/c1-2-7-15-9-13-10-16-11-14(17-13)18-8-6-12-4-3-5-12/h10-12,15H,2-9H2,1H3. The van der Waals surface area contributed by atoms with E-state index in [1.165, 1.54) is 19.3 Å². The molecule has 0 aromatic carbocycles. The van der Waals surface area contributed by atoms with Crippen LogP contribution in [0.1, 0.15) is 44.7 Å². The van der Waals surface area contributed by atoms with Gasteiger partial charge in [0.05, 0.1) is 18.5 Å². The van der Waals surface area contributed by atoms with Crippen LogP contribution in [-0.2, 0) is 6.54 Å². The number of nitrogens with one attached hydrogen (secondary N) is 1. The first-order valence-corrected chi connectivity index (χ1v) is 7.03. The Morgan fingerprint density at radius 3 is 3.00 bits per heavy atom. The summed E-state index contributed by atoms with van der Waals surface area (Å²) < 4.78 is 5.66. The van der Waals surface area contributed by atoms with E-state index in [0.29, 0.717) is 5.88 Å². The van der Waals surface area contributed by atoms with Gasteiger partial charge in [0, 0.05) is 12.7 Å². The van der Waals surface area contributed by atoms with Gasteiger partial charge in [0.25, 0.3) is 0 Å². The molecule has 1 aromatic heterocycles. The van der Waals surface area contributed by atoms with E-state index >= 15 is 0 Å². The van der Waals surface area contributed by atoms with E-state index in [-0.39, 0.29) is 0 Å². The lowest BCUT2D eigenvalue weighted by Gasteiger charge is -2.24. The molecule has 18 heavy (non-hydrogen) atoms. The number of rotatable bonds is 8. The molecule has 0 aliphatic heterocycles. The van der Waals surface area contributed by atoms with Crippen molar-refractivity contribution >= 4 is 0 Å². The van der Waals surface area contributed by atoms with Gasteiger partial charge in [0.1, 0.15) is 0 Å². The third-order valence-electron chi connectivity index (χ3n) is 3.40. The Kier molecular flexibility index (Phi) is 5.39. The molecular formula is C14H23N3O. The third kappa shape index (κ3) is 4.26. The molecule has 1 aromatic rings. The Hall–Kier alpha value is -1.16. The molecule has 4 heteroatoms. The van der Waals surface area contributed by atoms with E-state index in [9.17, 15) is 0 Å². The van der Waals surface area contributed by atoms with Gasteiger partial charge in [0.2, 0.25) is 5.88 Å². The van der Waals surface area contributed by atoms with Crippen molar-refractivity contribution in [2.24, 2.45) is 5.92 Å². The van der Waals surface area contributed by atoms with Crippen molar-refractivity contribution in [2.75, 3.05) is 13.2 Å². The topological polar surface area (TPSA) is 47.0 Å². The quantitative estimate of drug-likeness (QED) is 0.719. The summed E-state index contributed by atoms with van der Waals surface area (Å²) in [6, 6.07) is 0. The number of hydrogen-bond acceptors (Lipinski definition) is 4. The second kappa shape index (κ2) is 7.31. The first kappa shape index (κ1) is 13.3. The largest absolute Gasteiger partial charge is 0.477 e. The maximum absolute atomic E-state index is 5.66. The van der Waals surface area contributed by atoms with Gasteiger partial charge in [-0.2, -0.15) is 0 Å². The Labute approximate surface area is 109 Å². The number of nitrogens with zero attached hydrogens (tertiary/aromatic N) is 2. The average Bonchev–Trinajstić information content (AvgIpc) is 2.33. The zero-order valence-corrected chi connectivity index (χ0v) is 11.2. The highest BCUT2D eigenvalue weighted by Crippen LogP contribution is 2.29. The zero-order valence-electron chi connectivity index (χ0n) is 11.2. The molecule has 1 saturated carbocycles. The van der Waals surface area contributed by atoms with Gasteiger partial charge in [-0.05, 0) is 25.3 Å². The maximum Gasteiger partial charge on any atom is 0.232 e. The molecule has 4 nitrogen and oxygen atoms in total. The van der Waals surface area contributed by atoms with Gasteiger partial charge in [-0.3, -0.25) is 4.98 Å². The minimum absolute atomic E-state index is 0.658. The summed E-state index contributed by atoms with van der Waals surface area (Å²) >= 11 is 0. The molecule has 1 heterocycles. The molecule has 0 saturated heterocycles. The molecule has 1 aliphatic carbocycles. The van der Waals surface area contributed by atoms with Crippen LogP contribution in [0.25, 0.3) is 0 Å². The van der Waals surface area contributed by atoms with Crippen LogP contribution < -0.4 is 10.1 Å². The summed E-state index contributed by atoms with van der Waals surface area (Å²) in [6.07, 6.45) is 9.91. The summed E-state index contributed by atoms with van der Waals surface area (Å²) in [7, 11) is 0. The summed E-state index contributed by atoms with van der Waals surface area (Å²) in [5.74, 6) is 1.54. The molecule has 1 N–H and O–H groups in total. The first-order chi connectivity index (χ1) is 8.88. The molecule has 1 fully saturated rings. The summed E-state index contributed by atoms with van der Waals surface area (Å²) in [6.45, 7) is 4.69. The van der Waals surface area contributed by atoms with Gasteiger partial charge in [0.15, 0.2) is 0 Å². The molecule has 1 aliphatic rings. The molecular weight excluding hydrogens is 226 g/mol.